The molecule has 168 valence electrons. The van der Waals surface area contributed by atoms with Crippen LogP contribution in [-0.2, 0) is 0 Å². The van der Waals surface area contributed by atoms with E-state index in [2.05, 4.69) is 70.9 Å². The Morgan fingerprint density at radius 1 is 0.967 bits per heavy atom. The second-order valence-corrected chi connectivity index (χ2v) is 8.78. The number of anilines is 1. The van der Waals surface area contributed by atoms with Crippen LogP contribution in [0.3, 0.4) is 0 Å². The topological polar surface area (TPSA) is 37.4 Å². The first-order chi connectivity index (χ1) is 14.6. The molecule has 2 heterocycles. The normalized spacial score (nSPS) is 19.4. The minimum absolute atomic E-state index is 0.924. The fraction of sp³-hybridized carbons (Fsp3) is 0.708. The van der Waals surface area contributed by atoms with Gasteiger partial charge in [0, 0.05) is 71.1 Å². The number of nitrogens with zero attached hydrogens (tertiary/aromatic N) is 5. The molecule has 0 aromatic heterocycles. The number of piperazine rings is 2. The van der Waals surface area contributed by atoms with Crippen molar-refractivity contribution in [3.05, 3.63) is 29.3 Å². The van der Waals surface area contributed by atoms with Gasteiger partial charge in [-0.3, -0.25) is 4.99 Å². The number of guanidine groups is 1. The first-order valence-corrected chi connectivity index (χ1v) is 11.8. The Balaban J connectivity index is 1.44. The first kappa shape index (κ1) is 22.9. The lowest BCUT2D eigenvalue weighted by molar-refractivity contribution is 0.152. The molecule has 0 saturated carbocycles. The van der Waals surface area contributed by atoms with Crippen molar-refractivity contribution in [2.45, 2.75) is 33.6 Å². The first-order valence-electron chi connectivity index (χ1n) is 11.8. The standard InChI is InChI=1S/C24H42N6/c1-5-25-24(26-11-6-7-12-28-15-13-27(4)14-16-28)30-19-17-29(18-20-30)23-10-8-9-21(2)22(23)3/h8-10H,5-7,11-20H2,1-4H3,(H,25,26). The van der Waals surface area contributed by atoms with Crippen LogP contribution < -0.4 is 10.2 Å². The summed E-state index contributed by atoms with van der Waals surface area (Å²) < 4.78 is 0. The molecular formula is C24H42N6. The molecule has 2 aliphatic heterocycles. The summed E-state index contributed by atoms with van der Waals surface area (Å²) in [6.45, 7) is 18.7. The van der Waals surface area contributed by atoms with E-state index in [1.807, 2.05) is 0 Å². The molecule has 2 fully saturated rings. The average Bonchev–Trinajstić information content (AvgIpc) is 2.76. The lowest BCUT2D eigenvalue weighted by Crippen LogP contribution is -2.52. The van der Waals surface area contributed by atoms with E-state index in [0.29, 0.717) is 0 Å². The molecule has 0 atom stereocenters. The molecule has 0 radical (unpaired) electrons. The summed E-state index contributed by atoms with van der Waals surface area (Å²) in [4.78, 5) is 14.9. The second-order valence-electron chi connectivity index (χ2n) is 8.78. The van der Waals surface area contributed by atoms with Crippen LogP contribution in [0.4, 0.5) is 5.69 Å². The minimum Gasteiger partial charge on any atom is -0.368 e. The predicted molar refractivity (Wildman–Crippen MR) is 129 cm³/mol. The highest BCUT2D eigenvalue weighted by molar-refractivity contribution is 5.80. The lowest BCUT2D eigenvalue weighted by Gasteiger charge is -2.38. The van der Waals surface area contributed by atoms with Crippen molar-refractivity contribution < 1.29 is 0 Å². The molecule has 1 aromatic rings. The van der Waals surface area contributed by atoms with Crippen LogP contribution in [0, 0.1) is 13.8 Å². The van der Waals surface area contributed by atoms with Gasteiger partial charge in [0.15, 0.2) is 5.96 Å². The fourth-order valence-electron chi connectivity index (χ4n) is 4.37. The lowest BCUT2D eigenvalue weighted by atomic mass is 10.1. The smallest absolute Gasteiger partial charge is 0.194 e. The Labute approximate surface area is 183 Å². The van der Waals surface area contributed by atoms with Gasteiger partial charge in [-0.1, -0.05) is 12.1 Å². The molecule has 1 N–H and O–H groups in total. The highest BCUT2D eigenvalue weighted by atomic mass is 15.3. The molecule has 6 heteroatoms. The van der Waals surface area contributed by atoms with Crippen LogP contribution >= 0.6 is 0 Å². The van der Waals surface area contributed by atoms with Gasteiger partial charge in [0.05, 0.1) is 0 Å². The van der Waals surface area contributed by atoms with Gasteiger partial charge in [-0.2, -0.15) is 0 Å². The quantitative estimate of drug-likeness (QED) is 0.421. The number of hydrogen-bond acceptors (Lipinski definition) is 4. The Bertz CT molecular complexity index is 672. The van der Waals surface area contributed by atoms with E-state index in [9.17, 15) is 0 Å². The van der Waals surface area contributed by atoms with Gasteiger partial charge < -0.3 is 24.9 Å². The zero-order chi connectivity index (χ0) is 21.3. The highest BCUT2D eigenvalue weighted by Gasteiger charge is 2.21. The molecule has 30 heavy (non-hydrogen) atoms. The maximum atomic E-state index is 4.95. The van der Waals surface area contributed by atoms with E-state index in [4.69, 9.17) is 4.99 Å². The average molecular weight is 415 g/mol. The Kier molecular flexibility index (Phi) is 8.82. The molecule has 0 amide bonds. The summed E-state index contributed by atoms with van der Waals surface area (Å²) in [5.41, 5.74) is 4.17. The highest BCUT2D eigenvalue weighted by Crippen LogP contribution is 2.23. The molecular weight excluding hydrogens is 372 g/mol. The van der Waals surface area contributed by atoms with Crippen molar-refractivity contribution in [1.82, 2.24) is 20.0 Å². The maximum Gasteiger partial charge on any atom is 0.194 e. The van der Waals surface area contributed by atoms with E-state index >= 15 is 0 Å². The summed E-state index contributed by atoms with van der Waals surface area (Å²) in [6, 6.07) is 6.64. The zero-order valence-electron chi connectivity index (χ0n) is 19.7. The summed E-state index contributed by atoms with van der Waals surface area (Å²) >= 11 is 0. The van der Waals surface area contributed by atoms with Crippen LogP contribution in [0.15, 0.2) is 23.2 Å². The summed E-state index contributed by atoms with van der Waals surface area (Å²) in [6.07, 6.45) is 2.41. The molecule has 1 aromatic carbocycles. The van der Waals surface area contributed by atoms with Crippen LogP contribution in [0.2, 0.25) is 0 Å². The SMILES string of the molecule is CCNC(=NCCCCN1CCN(C)CC1)N1CCN(c2cccc(C)c2C)CC1. The van der Waals surface area contributed by atoms with Crippen molar-refractivity contribution in [1.29, 1.82) is 0 Å². The third kappa shape index (κ3) is 6.35. The monoisotopic (exact) mass is 414 g/mol. The van der Waals surface area contributed by atoms with Crippen molar-refractivity contribution >= 4 is 11.6 Å². The van der Waals surface area contributed by atoms with Gasteiger partial charge in [0.1, 0.15) is 0 Å². The summed E-state index contributed by atoms with van der Waals surface area (Å²) in [7, 11) is 2.22. The number of rotatable bonds is 7. The van der Waals surface area contributed by atoms with Gasteiger partial charge in [-0.05, 0) is 64.4 Å². The molecule has 2 aliphatic rings. The maximum absolute atomic E-state index is 4.95. The molecule has 0 spiro atoms. The van der Waals surface area contributed by atoms with Crippen molar-refractivity contribution in [3.8, 4) is 0 Å². The van der Waals surface area contributed by atoms with E-state index in [0.717, 1.165) is 45.2 Å². The van der Waals surface area contributed by atoms with Gasteiger partial charge in [-0.25, -0.2) is 0 Å². The number of aliphatic imine (C=N–C) groups is 1. The molecule has 0 bridgehead atoms. The fourth-order valence-corrected chi connectivity index (χ4v) is 4.37. The van der Waals surface area contributed by atoms with Crippen molar-refractivity contribution in [2.75, 3.05) is 83.9 Å². The van der Waals surface area contributed by atoms with Crippen molar-refractivity contribution in [2.24, 2.45) is 4.99 Å². The second kappa shape index (κ2) is 11.6. The summed E-state index contributed by atoms with van der Waals surface area (Å²) in [5, 5.41) is 3.51. The third-order valence-corrected chi connectivity index (χ3v) is 6.57. The van der Waals surface area contributed by atoms with Gasteiger partial charge in [0.25, 0.3) is 0 Å². The minimum atomic E-state index is 0.924. The zero-order valence-corrected chi connectivity index (χ0v) is 19.7. The number of hydrogen-bond donors (Lipinski definition) is 1. The summed E-state index contributed by atoms with van der Waals surface area (Å²) in [5.74, 6) is 1.10. The molecule has 3 rings (SSSR count). The van der Waals surface area contributed by atoms with Crippen LogP contribution in [-0.4, -0.2) is 99.7 Å². The Morgan fingerprint density at radius 3 is 2.40 bits per heavy atom. The molecule has 6 nitrogen and oxygen atoms in total. The van der Waals surface area contributed by atoms with E-state index < -0.39 is 0 Å². The van der Waals surface area contributed by atoms with Crippen molar-refractivity contribution in [3.63, 3.8) is 0 Å². The van der Waals surface area contributed by atoms with E-state index in [-0.39, 0.29) is 0 Å². The van der Waals surface area contributed by atoms with Gasteiger partial charge in [-0.15, -0.1) is 0 Å². The third-order valence-electron chi connectivity index (χ3n) is 6.57. The predicted octanol–water partition coefficient (Wildman–Crippen LogP) is 2.42. The number of nitrogens with one attached hydrogen (secondary N) is 1. The van der Waals surface area contributed by atoms with Gasteiger partial charge >= 0.3 is 0 Å². The number of unbranched alkanes of at least 4 members (excludes halogenated alkanes) is 1. The largest absolute Gasteiger partial charge is 0.368 e. The molecule has 2 saturated heterocycles. The van der Waals surface area contributed by atoms with E-state index in [1.165, 1.54) is 62.4 Å². The van der Waals surface area contributed by atoms with Gasteiger partial charge in [0.2, 0.25) is 0 Å². The molecule has 0 aliphatic carbocycles. The Morgan fingerprint density at radius 2 is 1.70 bits per heavy atom. The number of aryl methyl sites for hydroxylation is 1. The Hall–Kier alpha value is -1.79. The van der Waals surface area contributed by atoms with Crippen LogP contribution in [0.1, 0.15) is 30.9 Å². The van der Waals surface area contributed by atoms with Crippen LogP contribution in [0.25, 0.3) is 0 Å². The van der Waals surface area contributed by atoms with Crippen LogP contribution in [0.5, 0.6) is 0 Å². The van der Waals surface area contributed by atoms with E-state index in [1.54, 1.807) is 0 Å². The number of likely N-dealkylation sites (N-methyl/N-ethyl adjacent to an activating group) is 1. The number of benzene rings is 1. The molecule has 0 unspecified atom stereocenters.